The Morgan fingerprint density at radius 3 is 3.18 bits per heavy atom. The van der Waals surface area contributed by atoms with Gasteiger partial charge in [0.1, 0.15) is 5.52 Å². The van der Waals surface area contributed by atoms with E-state index in [2.05, 4.69) is 17.2 Å². The van der Waals surface area contributed by atoms with Crippen LogP contribution in [-0.2, 0) is 4.74 Å². The molecule has 1 fully saturated rings. The molecule has 1 aromatic heterocycles. The lowest BCUT2D eigenvalue weighted by molar-refractivity contribution is -0.00169. The highest BCUT2D eigenvalue weighted by atomic mass is 32.1. The molecule has 4 rings (SSSR count). The van der Waals surface area contributed by atoms with Crippen LogP contribution in [0.1, 0.15) is 19.8 Å². The fourth-order valence-corrected chi connectivity index (χ4v) is 3.84. The van der Waals surface area contributed by atoms with Crippen molar-refractivity contribution in [3.05, 3.63) is 12.1 Å². The SMILES string of the molecule is CC[C@H]1C[C@@H](Nc2nc3c4c(ccc3s2)OCO4)[C@@H](N)CO1. The number of fused-ring (bicyclic) bond motifs is 3. The normalized spacial score (nSPS) is 27.3. The van der Waals surface area contributed by atoms with E-state index in [1.54, 1.807) is 11.3 Å². The monoisotopic (exact) mass is 321 g/mol. The van der Waals surface area contributed by atoms with Crippen LogP contribution in [0.4, 0.5) is 5.13 Å². The minimum atomic E-state index is -0.0138. The third-order valence-corrected chi connectivity index (χ3v) is 5.17. The second kappa shape index (κ2) is 5.57. The fraction of sp³-hybridized carbons (Fsp3) is 0.533. The molecule has 2 aliphatic heterocycles. The first kappa shape index (κ1) is 14.0. The van der Waals surface area contributed by atoms with E-state index in [1.165, 1.54) is 0 Å². The lowest BCUT2D eigenvalue weighted by Gasteiger charge is -2.34. The van der Waals surface area contributed by atoms with Crippen molar-refractivity contribution in [1.29, 1.82) is 0 Å². The molecule has 0 amide bonds. The topological polar surface area (TPSA) is 78.6 Å². The Labute approximate surface area is 132 Å². The van der Waals surface area contributed by atoms with Crippen molar-refractivity contribution < 1.29 is 14.2 Å². The minimum Gasteiger partial charge on any atom is -0.454 e. The Hall–Kier alpha value is -1.57. The van der Waals surface area contributed by atoms with E-state index in [-0.39, 0.29) is 25.0 Å². The highest BCUT2D eigenvalue weighted by molar-refractivity contribution is 7.22. The Morgan fingerprint density at radius 1 is 1.41 bits per heavy atom. The summed E-state index contributed by atoms with van der Waals surface area (Å²) in [5.74, 6) is 1.50. The van der Waals surface area contributed by atoms with Gasteiger partial charge in [0.15, 0.2) is 16.6 Å². The van der Waals surface area contributed by atoms with E-state index < -0.39 is 0 Å². The molecule has 0 radical (unpaired) electrons. The van der Waals surface area contributed by atoms with Crippen LogP contribution in [0.15, 0.2) is 12.1 Å². The van der Waals surface area contributed by atoms with Crippen molar-refractivity contribution in [2.75, 3.05) is 18.7 Å². The number of hydrogen-bond donors (Lipinski definition) is 2. The number of nitrogens with two attached hydrogens (primary N) is 1. The Kier molecular flexibility index (Phi) is 3.56. The summed E-state index contributed by atoms with van der Waals surface area (Å²) in [5.41, 5.74) is 7.03. The number of rotatable bonds is 3. The predicted molar refractivity (Wildman–Crippen MR) is 85.8 cm³/mol. The maximum atomic E-state index is 6.17. The van der Waals surface area contributed by atoms with Crippen molar-refractivity contribution in [1.82, 2.24) is 4.98 Å². The molecule has 0 aliphatic carbocycles. The molecule has 6 nitrogen and oxygen atoms in total. The van der Waals surface area contributed by atoms with E-state index in [1.807, 2.05) is 12.1 Å². The van der Waals surface area contributed by atoms with Crippen molar-refractivity contribution in [3.63, 3.8) is 0 Å². The molecule has 3 heterocycles. The first-order chi connectivity index (χ1) is 10.7. The molecule has 0 unspecified atom stereocenters. The number of thiazole rings is 1. The van der Waals surface area contributed by atoms with Crippen LogP contribution in [0.3, 0.4) is 0 Å². The molecule has 0 saturated carbocycles. The molecule has 7 heteroatoms. The van der Waals surface area contributed by atoms with Gasteiger partial charge < -0.3 is 25.3 Å². The van der Waals surface area contributed by atoms with E-state index >= 15 is 0 Å². The zero-order valence-electron chi connectivity index (χ0n) is 12.4. The van der Waals surface area contributed by atoms with E-state index in [0.29, 0.717) is 6.61 Å². The van der Waals surface area contributed by atoms with Crippen LogP contribution < -0.4 is 20.5 Å². The van der Waals surface area contributed by atoms with Gasteiger partial charge in [-0.1, -0.05) is 18.3 Å². The summed E-state index contributed by atoms with van der Waals surface area (Å²) in [6.07, 6.45) is 2.18. The van der Waals surface area contributed by atoms with E-state index in [4.69, 9.17) is 19.9 Å². The predicted octanol–water partition coefficient (Wildman–Crippen LogP) is 2.33. The Bertz CT molecular complexity index is 690. The zero-order valence-corrected chi connectivity index (χ0v) is 13.2. The van der Waals surface area contributed by atoms with Gasteiger partial charge in [0.2, 0.25) is 6.79 Å². The van der Waals surface area contributed by atoms with Gasteiger partial charge in [-0.25, -0.2) is 4.98 Å². The molecule has 3 atom stereocenters. The third-order valence-electron chi connectivity index (χ3n) is 4.22. The van der Waals surface area contributed by atoms with Crippen LogP contribution in [0.5, 0.6) is 11.5 Å². The zero-order chi connectivity index (χ0) is 15.1. The Morgan fingerprint density at radius 2 is 2.32 bits per heavy atom. The number of nitrogens with zero attached hydrogens (tertiary/aromatic N) is 1. The van der Waals surface area contributed by atoms with Gasteiger partial charge in [-0.05, 0) is 25.0 Å². The number of nitrogens with one attached hydrogen (secondary N) is 1. The summed E-state index contributed by atoms with van der Waals surface area (Å²) in [7, 11) is 0. The quantitative estimate of drug-likeness (QED) is 0.903. The maximum Gasteiger partial charge on any atom is 0.231 e. The first-order valence-electron chi connectivity index (χ1n) is 7.57. The summed E-state index contributed by atoms with van der Waals surface area (Å²) < 4.78 is 17.7. The minimum absolute atomic E-state index is 0.0138. The van der Waals surface area contributed by atoms with E-state index in [0.717, 1.165) is 39.7 Å². The first-order valence-corrected chi connectivity index (χ1v) is 8.39. The molecule has 22 heavy (non-hydrogen) atoms. The molecule has 2 aromatic rings. The fourth-order valence-electron chi connectivity index (χ4n) is 2.92. The van der Waals surface area contributed by atoms with Gasteiger partial charge in [-0.2, -0.15) is 0 Å². The van der Waals surface area contributed by atoms with Gasteiger partial charge in [-0.15, -0.1) is 0 Å². The van der Waals surface area contributed by atoms with Gasteiger partial charge in [0.25, 0.3) is 0 Å². The molecular weight excluding hydrogens is 302 g/mol. The number of benzene rings is 1. The molecular formula is C15H19N3O3S. The molecule has 1 saturated heterocycles. The van der Waals surface area contributed by atoms with Gasteiger partial charge in [0, 0.05) is 12.1 Å². The van der Waals surface area contributed by atoms with Crippen molar-refractivity contribution >= 4 is 26.7 Å². The molecule has 3 N–H and O–H groups in total. The number of aromatic nitrogens is 1. The summed E-state index contributed by atoms with van der Waals surface area (Å²) >= 11 is 1.61. The third kappa shape index (κ3) is 2.39. The van der Waals surface area contributed by atoms with Crippen LogP contribution in [0, 0.1) is 0 Å². The standard InChI is InChI=1S/C15H19N3O3S/c1-2-8-5-10(9(16)6-19-8)17-15-18-13-12(22-15)4-3-11-14(13)21-7-20-11/h3-4,8-10H,2,5-7,16H2,1H3,(H,17,18)/t8-,9-,10+/m0/s1. The highest BCUT2D eigenvalue weighted by Crippen LogP contribution is 2.42. The molecule has 0 spiro atoms. The summed E-state index contributed by atoms with van der Waals surface area (Å²) in [6.45, 7) is 2.99. The second-order valence-corrected chi connectivity index (χ2v) is 6.71. The summed E-state index contributed by atoms with van der Waals surface area (Å²) in [4.78, 5) is 4.67. The van der Waals surface area contributed by atoms with Gasteiger partial charge in [-0.3, -0.25) is 0 Å². The largest absolute Gasteiger partial charge is 0.454 e. The summed E-state index contributed by atoms with van der Waals surface area (Å²) in [5, 5.41) is 4.35. The summed E-state index contributed by atoms with van der Waals surface area (Å²) in [6, 6.07) is 4.12. The van der Waals surface area contributed by atoms with E-state index in [9.17, 15) is 0 Å². The maximum absolute atomic E-state index is 6.17. The highest BCUT2D eigenvalue weighted by Gasteiger charge is 2.29. The number of hydrogen-bond acceptors (Lipinski definition) is 7. The van der Waals surface area contributed by atoms with Crippen molar-refractivity contribution in [3.8, 4) is 11.5 Å². The van der Waals surface area contributed by atoms with Crippen LogP contribution in [0.2, 0.25) is 0 Å². The van der Waals surface area contributed by atoms with Crippen LogP contribution in [0.25, 0.3) is 10.2 Å². The van der Waals surface area contributed by atoms with Crippen molar-refractivity contribution in [2.45, 2.75) is 38.0 Å². The molecule has 1 aromatic carbocycles. The molecule has 2 aliphatic rings. The average Bonchev–Trinajstić information content (AvgIpc) is 3.14. The molecule has 0 bridgehead atoms. The second-order valence-electron chi connectivity index (χ2n) is 5.68. The lowest BCUT2D eigenvalue weighted by atomic mass is 9.98. The number of ether oxygens (including phenoxy) is 3. The molecule has 118 valence electrons. The van der Waals surface area contributed by atoms with Crippen LogP contribution >= 0.6 is 11.3 Å². The average molecular weight is 321 g/mol. The Balaban J connectivity index is 1.59. The number of anilines is 1. The van der Waals surface area contributed by atoms with Crippen LogP contribution in [-0.4, -0.2) is 36.6 Å². The lowest BCUT2D eigenvalue weighted by Crippen LogP contribution is -2.50. The smallest absolute Gasteiger partial charge is 0.231 e. The van der Waals surface area contributed by atoms with Gasteiger partial charge >= 0.3 is 0 Å². The van der Waals surface area contributed by atoms with Crippen molar-refractivity contribution in [2.24, 2.45) is 5.73 Å². The van der Waals surface area contributed by atoms with Gasteiger partial charge in [0.05, 0.1) is 17.4 Å².